The molecule has 1 saturated carbocycles. The van der Waals surface area contributed by atoms with E-state index in [0.717, 1.165) is 17.6 Å². The zero-order valence-electron chi connectivity index (χ0n) is 14.8. The Morgan fingerprint density at radius 3 is 2.55 bits per heavy atom. The fourth-order valence-electron chi connectivity index (χ4n) is 4.65. The van der Waals surface area contributed by atoms with Crippen LogP contribution < -0.4 is 0 Å². The third-order valence-electron chi connectivity index (χ3n) is 5.33. The molecule has 0 bridgehead atoms. The van der Waals surface area contributed by atoms with Gasteiger partial charge in [0, 0.05) is 5.25 Å². The van der Waals surface area contributed by atoms with Crippen molar-refractivity contribution in [3.63, 3.8) is 0 Å². The number of thioether (sulfide) groups is 1. The summed E-state index contributed by atoms with van der Waals surface area (Å²) in [7, 11) is 0. The van der Waals surface area contributed by atoms with Gasteiger partial charge < -0.3 is 0 Å². The third kappa shape index (κ3) is 4.78. The van der Waals surface area contributed by atoms with Crippen molar-refractivity contribution in [2.45, 2.75) is 77.4 Å². The number of hydrogen-bond acceptors (Lipinski definition) is 1. The Morgan fingerprint density at radius 1 is 1.09 bits per heavy atom. The molecule has 0 aliphatic heterocycles. The molecule has 1 heteroatoms. The maximum atomic E-state index is 2.41. The highest BCUT2D eigenvalue weighted by atomic mass is 32.2. The summed E-state index contributed by atoms with van der Waals surface area (Å²) in [6, 6.07) is 0. The molecule has 0 nitrogen and oxygen atoms in total. The number of allylic oxidation sites excluding steroid dienone is 6. The lowest BCUT2D eigenvalue weighted by Crippen LogP contribution is -2.35. The monoisotopic (exact) mass is 318 g/mol. The molecule has 0 aromatic rings. The van der Waals surface area contributed by atoms with Crippen molar-refractivity contribution < 1.29 is 0 Å². The van der Waals surface area contributed by atoms with Crippen molar-refractivity contribution in [1.82, 2.24) is 0 Å². The molecule has 2 aliphatic rings. The Morgan fingerprint density at radius 2 is 1.86 bits per heavy atom. The summed E-state index contributed by atoms with van der Waals surface area (Å²) in [5.74, 6) is 2.04. The van der Waals surface area contributed by atoms with Crippen LogP contribution >= 0.6 is 11.8 Å². The molecule has 124 valence electrons. The van der Waals surface area contributed by atoms with Gasteiger partial charge in [-0.15, -0.1) is 0 Å². The van der Waals surface area contributed by atoms with E-state index < -0.39 is 0 Å². The molecule has 0 aromatic carbocycles. The standard InChI is InChI=1S/C21H34S/c1-4-13-21(14-5-2)16-19(15-20(17-21)22-6-3)18-11-9-7-8-10-12-18/h7,9-12,19-20H,4-6,8,13-17H2,1-3H3. The molecule has 2 rings (SSSR count). The minimum Gasteiger partial charge on any atom is -0.159 e. The van der Waals surface area contributed by atoms with Crippen molar-refractivity contribution in [3.8, 4) is 0 Å². The van der Waals surface area contributed by atoms with Gasteiger partial charge in [-0.25, -0.2) is 0 Å². The second-order valence-electron chi connectivity index (χ2n) is 7.15. The van der Waals surface area contributed by atoms with Crippen LogP contribution in [0.25, 0.3) is 0 Å². The van der Waals surface area contributed by atoms with Crippen LogP contribution in [-0.2, 0) is 0 Å². The van der Waals surface area contributed by atoms with E-state index in [2.05, 4.69) is 62.9 Å². The highest BCUT2D eigenvalue weighted by Gasteiger charge is 2.39. The van der Waals surface area contributed by atoms with Gasteiger partial charge in [0.25, 0.3) is 0 Å². The summed E-state index contributed by atoms with van der Waals surface area (Å²) in [4.78, 5) is 0. The quantitative estimate of drug-likeness (QED) is 0.490. The normalized spacial score (nSPS) is 27.5. The molecule has 0 radical (unpaired) electrons. The molecule has 0 aromatic heterocycles. The van der Waals surface area contributed by atoms with Gasteiger partial charge in [0.05, 0.1) is 0 Å². The van der Waals surface area contributed by atoms with Crippen LogP contribution in [0.1, 0.15) is 72.1 Å². The number of hydrogen-bond donors (Lipinski definition) is 0. The molecule has 0 N–H and O–H groups in total. The predicted octanol–water partition coefficient (Wildman–Crippen LogP) is 6.94. The number of rotatable bonds is 7. The molecule has 2 aliphatic carbocycles. The molecule has 0 spiro atoms. The molecule has 1 fully saturated rings. The van der Waals surface area contributed by atoms with Gasteiger partial charge in [-0.2, -0.15) is 11.8 Å². The first-order chi connectivity index (χ1) is 10.7. The molecule has 0 amide bonds. The van der Waals surface area contributed by atoms with E-state index in [0.29, 0.717) is 5.41 Å². The summed E-state index contributed by atoms with van der Waals surface area (Å²) in [6.07, 6.45) is 22.5. The predicted molar refractivity (Wildman–Crippen MR) is 102 cm³/mol. The fraction of sp³-hybridized carbons (Fsp3) is 0.714. The first kappa shape index (κ1) is 17.9. The van der Waals surface area contributed by atoms with E-state index in [1.165, 1.54) is 50.7 Å². The van der Waals surface area contributed by atoms with E-state index in [1.807, 2.05) is 0 Å². The summed E-state index contributed by atoms with van der Waals surface area (Å²) in [6.45, 7) is 7.07. The average Bonchev–Trinajstić information content (AvgIpc) is 2.77. The van der Waals surface area contributed by atoms with E-state index in [4.69, 9.17) is 0 Å². The van der Waals surface area contributed by atoms with Gasteiger partial charge in [0.2, 0.25) is 0 Å². The Labute approximate surface area is 142 Å². The molecule has 22 heavy (non-hydrogen) atoms. The van der Waals surface area contributed by atoms with Crippen LogP contribution in [0.3, 0.4) is 0 Å². The van der Waals surface area contributed by atoms with Crippen molar-refractivity contribution in [3.05, 3.63) is 36.0 Å². The summed E-state index contributed by atoms with van der Waals surface area (Å²) in [5.41, 5.74) is 2.19. The van der Waals surface area contributed by atoms with E-state index in [9.17, 15) is 0 Å². The van der Waals surface area contributed by atoms with Crippen molar-refractivity contribution in [2.24, 2.45) is 11.3 Å². The van der Waals surface area contributed by atoms with Crippen molar-refractivity contribution >= 4 is 11.8 Å². The van der Waals surface area contributed by atoms with E-state index in [-0.39, 0.29) is 0 Å². The molecule has 0 heterocycles. The highest BCUT2D eigenvalue weighted by molar-refractivity contribution is 7.99. The van der Waals surface area contributed by atoms with Gasteiger partial charge in [-0.05, 0) is 61.2 Å². The summed E-state index contributed by atoms with van der Waals surface area (Å²) >= 11 is 2.21. The Hall–Kier alpha value is -0.430. The molecule has 2 atom stereocenters. The third-order valence-corrected chi connectivity index (χ3v) is 6.49. The molecule has 0 saturated heterocycles. The first-order valence-electron chi connectivity index (χ1n) is 9.38. The van der Waals surface area contributed by atoms with Crippen LogP contribution in [0.4, 0.5) is 0 Å². The summed E-state index contributed by atoms with van der Waals surface area (Å²) in [5, 5.41) is 0.864. The second kappa shape index (κ2) is 9.01. The van der Waals surface area contributed by atoms with Gasteiger partial charge in [0.1, 0.15) is 0 Å². The lowest BCUT2D eigenvalue weighted by atomic mass is 9.63. The molecular weight excluding hydrogens is 284 g/mol. The van der Waals surface area contributed by atoms with Crippen LogP contribution in [0.2, 0.25) is 0 Å². The van der Waals surface area contributed by atoms with Crippen molar-refractivity contribution in [1.29, 1.82) is 0 Å². The fourth-order valence-corrected chi connectivity index (χ4v) is 5.96. The lowest BCUT2D eigenvalue weighted by molar-refractivity contribution is 0.130. The Kier molecular flexibility index (Phi) is 7.34. The van der Waals surface area contributed by atoms with E-state index >= 15 is 0 Å². The minimum absolute atomic E-state index is 0.601. The van der Waals surface area contributed by atoms with Crippen LogP contribution in [0.15, 0.2) is 36.0 Å². The van der Waals surface area contributed by atoms with Gasteiger partial charge in [-0.3, -0.25) is 0 Å². The summed E-state index contributed by atoms with van der Waals surface area (Å²) < 4.78 is 0. The zero-order chi connectivity index (χ0) is 15.8. The zero-order valence-corrected chi connectivity index (χ0v) is 15.6. The SMILES string of the molecule is CCCC1(CCC)CC(SCC)CC(C2=CC=CCC=C2)C1. The Bertz CT molecular complexity index is 410. The average molecular weight is 319 g/mol. The largest absolute Gasteiger partial charge is 0.159 e. The smallest absolute Gasteiger partial charge is 0.00580 e. The van der Waals surface area contributed by atoms with Gasteiger partial charge in [0.15, 0.2) is 0 Å². The lowest BCUT2D eigenvalue weighted by Gasteiger charge is -2.45. The first-order valence-corrected chi connectivity index (χ1v) is 10.4. The van der Waals surface area contributed by atoms with Crippen LogP contribution in [0.5, 0.6) is 0 Å². The topological polar surface area (TPSA) is 0 Å². The van der Waals surface area contributed by atoms with Crippen LogP contribution in [0, 0.1) is 11.3 Å². The maximum absolute atomic E-state index is 2.41. The second-order valence-corrected chi connectivity index (χ2v) is 8.73. The highest BCUT2D eigenvalue weighted by Crippen LogP contribution is 2.51. The maximum Gasteiger partial charge on any atom is 0.00580 e. The van der Waals surface area contributed by atoms with Crippen molar-refractivity contribution in [2.75, 3.05) is 5.75 Å². The molecular formula is C21H34S. The van der Waals surface area contributed by atoms with Gasteiger partial charge in [-0.1, -0.05) is 64.0 Å². The van der Waals surface area contributed by atoms with Crippen LogP contribution in [-0.4, -0.2) is 11.0 Å². The Balaban J connectivity index is 2.21. The minimum atomic E-state index is 0.601. The molecule has 2 unspecified atom stereocenters. The van der Waals surface area contributed by atoms with Gasteiger partial charge >= 0.3 is 0 Å². The van der Waals surface area contributed by atoms with E-state index in [1.54, 1.807) is 5.57 Å².